The van der Waals surface area contributed by atoms with Gasteiger partial charge in [0, 0.05) is 5.56 Å². The fraction of sp³-hybridized carbons (Fsp3) is 0.533. The third-order valence-corrected chi connectivity index (χ3v) is 3.62. The SMILES string of the molecule is CCOc1ccc(C(=O)N[C@H]2CCCC[C@@H]2O)cc1N. The molecule has 0 spiro atoms. The maximum absolute atomic E-state index is 12.2. The van der Waals surface area contributed by atoms with Crippen molar-refractivity contribution in [3.8, 4) is 5.75 Å². The van der Waals surface area contributed by atoms with Crippen molar-refractivity contribution in [1.82, 2.24) is 5.32 Å². The van der Waals surface area contributed by atoms with E-state index in [-0.39, 0.29) is 11.9 Å². The minimum atomic E-state index is -0.451. The van der Waals surface area contributed by atoms with Crippen LogP contribution in [0.3, 0.4) is 0 Å². The number of nitrogens with one attached hydrogen (secondary N) is 1. The van der Waals surface area contributed by atoms with Crippen LogP contribution in [0.25, 0.3) is 0 Å². The summed E-state index contributed by atoms with van der Waals surface area (Å²) in [5, 5.41) is 12.8. The Hall–Kier alpha value is -1.75. The maximum Gasteiger partial charge on any atom is 0.251 e. The summed E-state index contributed by atoms with van der Waals surface area (Å²) in [4.78, 5) is 12.2. The molecule has 1 aliphatic carbocycles. The van der Waals surface area contributed by atoms with Gasteiger partial charge in [0.05, 0.1) is 24.4 Å². The number of amides is 1. The Morgan fingerprint density at radius 1 is 1.45 bits per heavy atom. The Morgan fingerprint density at radius 3 is 2.85 bits per heavy atom. The van der Waals surface area contributed by atoms with Crippen molar-refractivity contribution in [3.63, 3.8) is 0 Å². The normalized spacial score (nSPS) is 22.3. The lowest BCUT2D eigenvalue weighted by Crippen LogP contribution is -2.45. The van der Waals surface area contributed by atoms with Gasteiger partial charge in [-0.15, -0.1) is 0 Å². The molecule has 2 atom stereocenters. The highest BCUT2D eigenvalue weighted by atomic mass is 16.5. The molecule has 1 amide bonds. The van der Waals surface area contributed by atoms with E-state index >= 15 is 0 Å². The number of rotatable bonds is 4. The number of hydrogen-bond acceptors (Lipinski definition) is 4. The van der Waals surface area contributed by atoms with E-state index in [1.54, 1.807) is 18.2 Å². The van der Waals surface area contributed by atoms with Crippen LogP contribution in [0.5, 0.6) is 5.75 Å². The second-order valence-corrected chi connectivity index (χ2v) is 5.12. The highest BCUT2D eigenvalue weighted by Crippen LogP contribution is 2.23. The van der Waals surface area contributed by atoms with Gasteiger partial charge >= 0.3 is 0 Å². The Morgan fingerprint density at radius 2 is 2.20 bits per heavy atom. The number of benzene rings is 1. The van der Waals surface area contributed by atoms with E-state index in [4.69, 9.17) is 10.5 Å². The number of carbonyl (C=O) groups excluding carboxylic acids is 1. The molecule has 5 heteroatoms. The summed E-state index contributed by atoms with van der Waals surface area (Å²) < 4.78 is 5.34. The number of nitrogen functional groups attached to an aromatic ring is 1. The fourth-order valence-electron chi connectivity index (χ4n) is 2.51. The van der Waals surface area contributed by atoms with E-state index in [2.05, 4.69) is 5.32 Å². The smallest absolute Gasteiger partial charge is 0.251 e. The summed E-state index contributed by atoms with van der Waals surface area (Å²) in [5.74, 6) is 0.382. The van der Waals surface area contributed by atoms with Crippen LogP contribution in [0, 0.1) is 0 Å². The van der Waals surface area contributed by atoms with Crippen molar-refractivity contribution in [1.29, 1.82) is 0 Å². The van der Waals surface area contributed by atoms with Crippen molar-refractivity contribution in [3.05, 3.63) is 23.8 Å². The molecule has 4 N–H and O–H groups in total. The van der Waals surface area contributed by atoms with Crippen LogP contribution in [0.15, 0.2) is 18.2 Å². The molecule has 0 radical (unpaired) electrons. The van der Waals surface area contributed by atoms with Crippen molar-refractivity contribution in [2.45, 2.75) is 44.8 Å². The van der Waals surface area contributed by atoms with Crippen LogP contribution < -0.4 is 15.8 Å². The lowest BCUT2D eigenvalue weighted by Gasteiger charge is -2.28. The standard InChI is InChI=1S/C15H22N2O3/c1-2-20-14-8-7-10(9-11(14)16)15(19)17-12-5-3-4-6-13(12)18/h7-9,12-13,18H,2-6,16H2,1H3,(H,17,19)/t12-,13-/m0/s1. The molecule has 0 aliphatic heterocycles. The van der Waals surface area contributed by atoms with E-state index in [1.807, 2.05) is 6.92 Å². The zero-order chi connectivity index (χ0) is 14.5. The zero-order valence-electron chi connectivity index (χ0n) is 11.8. The van der Waals surface area contributed by atoms with Gasteiger partial charge in [-0.25, -0.2) is 0 Å². The monoisotopic (exact) mass is 278 g/mol. The molecule has 0 unspecified atom stereocenters. The van der Waals surface area contributed by atoms with Gasteiger partial charge in [0.1, 0.15) is 5.75 Å². The average molecular weight is 278 g/mol. The van der Waals surface area contributed by atoms with Crippen LogP contribution in [-0.2, 0) is 0 Å². The Labute approximate surface area is 119 Å². The molecule has 1 aromatic carbocycles. The third kappa shape index (κ3) is 3.42. The first-order chi connectivity index (χ1) is 9.61. The first-order valence-corrected chi connectivity index (χ1v) is 7.13. The van der Waals surface area contributed by atoms with Crippen LogP contribution >= 0.6 is 0 Å². The molecule has 1 saturated carbocycles. The van der Waals surface area contributed by atoms with Crippen molar-refractivity contribution < 1.29 is 14.6 Å². The van der Waals surface area contributed by atoms with Crippen LogP contribution in [0.4, 0.5) is 5.69 Å². The number of aliphatic hydroxyl groups excluding tert-OH is 1. The fourth-order valence-corrected chi connectivity index (χ4v) is 2.51. The van der Waals surface area contributed by atoms with Crippen LogP contribution in [0.1, 0.15) is 43.0 Å². The number of nitrogens with two attached hydrogens (primary N) is 1. The average Bonchev–Trinajstić information content (AvgIpc) is 2.43. The summed E-state index contributed by atoms with van der Waals surface area (Å²) in [5.41, 5.74) is 6.79. The second-order valence-electron chi connectivity index (χ2n) is 5.12. The zero-order valence-corrected chi connectivity index (χ0v) is 11.8. The second kappa shape index (κ2) is 6.61. The van der Waals surface area contributed by atoms with Crippen molar-refractivity contribution >= 4 is 11.6 Å². The maximum atomic E-state index is 12.2. The number of aliphatic hydroxyl groups is 1. The van der Waals surface area contributed by atoms with E-state index in [1.165, 1.54) is 0 Å². The highest BCUT2D eigenvalue weighted by molar-refractivity contribution is 5.95. The molecule has 0 bridgehead atoms. The van der Waals surface area contributed by atoms with E-state index < -0.39 is 6.10 Å². The summed E-state index contributed by atoms with van der Waals surface area (Å²) in [6, 6.07) is 4.83. The molecule has 1 aliphatic rings. The molecule has 1 aromatic rings. The minimum absolute atomic E-state index is 0.163. The molecule has 110 valence electrons. The molecule has 5 nitrogen and oxygen atoms in total. The summed E-state index contributed by atoms with van der Waals surface area (Å²) in [7, 11) is 0. The van der Waals surface area contributed by atoms with Crippen LogP contribution in [0.2, 0.25) is 0 Å². The largest absolute Gasteiger partial charge is 0.492 e. The van der Waals surface area contributed by atoms with Gasteiger partial charge in [-0.3, -0.25) is 4.79 Å². The van der Waals surface area contributed by atoms with Gasteiger partial charge in [0.2, 0.25) is 0 Å². The lowest BCUT2D eigenvalue weighted by molar-refractivity contribution is 0.0717. The Bertz CT molecular complexity index is 476. The molecule has 0 aromatic heterocycles. The molecule has 2 rings (SSSR count). The first-order valence-electron chi connectivity index (χ1n) is 7.13. The number of carbonyl (C=O) groups is 1. The van der Waals surface area contributed by atoms with Crippen molar-refractivity contribution in [2.75, 3.05) is 12.3 Å². The molecular weight excluding hydrogens is 256 g/mol. The number of anilines is 1. The van der Waals surface area contributed by atoms with E-state index in [9.17, 15) is 9.90 Å². The number of hydrogen-bond donors (Lipinski definition) is 3. The molecule has 0 saturated heterocycles. The summed E-state index contributed by atoms with van der Waals surface area (Å²) in [6.07, 6.45) is 3.17. The predicted molar refractivity (Wildman–Crippen MR) is 77.8 cm³/mol. The molecular formula is C15H22N2O3. The Kier molecular flexibility index (Phi) is 4.84. The summed E-state index contributed by atoms with van der Waals surface area (Å²) in [6.45, 7) is 2.41. The van der Waals surface area contributed by atoms with E-state index in [0.717, 1.165) is 25.7 Å². The van der Waals surface area contributed by atoms with Gasteiger partial charge in [-0.1, -0.05) is 12.8 Å². The van der Waals surface area contributed by atoms with Crippen LogP contribution in [-0.4, -0.2) is 29.8 Å². The van der Waals surface area contributed by atoms with Gasteiger partial charge in [-0.2, -0.15) is 0 Å². The predicted octanol–water partition coefficient (Wildman–Crippen LogP) is 1.70. The number of ether oxygens (including phenoxy) is 1. The van der Waals surface area contributed by atoms with Gasteiger partial charge in [0.15, 0.2) is 0 Å². The van der Waals surface area contributed by atoms with Gasteiger partial charge in [0.25, 0.3) is 5.91 Å². The Balaban J connectivity index is 2.03. The van der Waals surface area contributed by atoms with Gasteiger partial charge < -0.3 is 20.9 Å². The first kappa shape index (κ1) is 14.7. The topological polar surface area (TPSA) is 84.6 Å². The van der Waals surface area contributed by atoms with Crippen molar-refractivity contribution in [2.24, 2.45) is 0 Å². The molecule has 20 heavy (non-hydrogen) atoms. The third-order valence-electron chi connectivity index (χ3n) is 3.62. The quantitative estimate of drug-likeness (QED) is 0.732. The molecule has 1 fully saturated rings. The molecule has 0 heterocycles. The van der Waals surface area contributed by atoms with E-state index in [0.29, 0.717) is 23.6 Å². The minimum Gasteiger partial charge on any atom is -0.492 e. The van der Waals surface area contributed by atoms with Gasteiger partial charge in [-0.05, 0) is 38.0 Å². The summed E-state index contributed by atoms with van der Waals surface area (Å²) >= 11 is 0. The highest BCUT2D eigenvalue weighted by Gasteiger charge is 2.24. The lowest BCUT2D eigenvalue weighted by atomic mass is 9.92.